The molecule has 2 N–H and O–H groups in total. The van der Waals surface area contributed by atoms with Gasteiger partial charge in [-0.1, -0.05) is 24.3 Å². The Labute approximate surface area is 138 Å². The average molecular weight is 311 g/mol. The van der Waals surface area contributed by atoms with Crippen molar-refractivity contribution in [3.05, 3.63) is 58.1 Å². The lowest BCUT2D eigenvalue weighted by atomic mass is 9.88. The van der Waals surface area contributed by atoms with Gasteiger partial charge in [0.25, 0.3) is 0 Å². The van der Waals surface area contributed by atoms with Crippen molar-refractivity contribution in [3.63, 3.8) is 0 Å². The zero-order chi connectivity index (χ0) is 17.1. The second kappa shape index (κ2) is 6.97. The summed E-state index contributed by atoms with van der Waals surface area (Å²) in [4.78, 5) is 11.2. The van der Waals surface area contributed by atoms with Gasteiger partial charge in [0, 0.05) is 6.04 Å². The van der Waals surface area contributed by atoms with Gasteiger partial charge in [0.1, 0.15) is 0 Å². The molecule has 0 aliphatic heterocycles. The van der Waals surface area contributed by atoms with E-state index >= 15 is 0 Å². The van der Waals surface area contributed by atoms with E-state index in [4.69, 9.17) is 0 Å². The van der Waals surface area contributed by atoms with Crippen LogP contribution >= 0.6 is 0 Å². The molecular weight excluding hydrogens is 286 g/mol. The molecule has 1 atom stereocenters. The van der Waals surface area contributed by atoms with Gasteiger partial charge in [0.2, 0.25) is 0 Å². The Kier molecular flexibility index (Phi) is 5.22. The van der Waals surface area contributed by atoms with Crippen LogP contribution in [-0.4, -0.2) is 18.1 Å². The molecule has 2 aromatic rings. The number of benzene rings is 2. The molecule has 0 saturated heterocycles. The van der Waals surface area contributed by atoms with E-state index in [-0.39, 0.29) is 12.5 Å². The van der Waals surface area contributed by atoms with Crippen LogP contribution in [0, 0.1) is 27.7 Å². The first-order chi connectivity index (χ1) is 10.8. The summed E-state index contributed by atoms with van der Waals surface area (Å²) in [6.45, 7) is 8.38. The fourth-order valence-corrected chi connectivity index (χ4v) is 3.20. The molecular formula is C20H25NO2. The summed E-state index contributed by atoms with van der Waals surface area (Å²) in [6.07, 6.45) is 0.0764. The van der Waals surface area contributed by atoms with Crippen molar-refractivity contribution in [2.24, 2.45) is 0 Å². The minimum Gasteiger partial charge on any atom is -0.481 e. The number of aryl methyl sites for hydroxylation is 3. The number of hydrogen-bond acceptors (Lipinski definition) is 2. The Balaban J connectivity index is 2.62. The van der Waals surface area contributed by atoms with Gasteiger partial charge in [-0.3, -0.25) is 4.79 Å². The molecule has 3 heteroatoms. The van der Waals surface area contributed by atoms with Crippen molar-refractivity contribution in [2.45, 2.75) is 40.2 Å². The van der Waals surface area contributed by atoms with E-state index in [1.165, 1.54) is 22.3 Å². The normalized spacial score (nSPS) is 12.2. The summed E-state index contributed by atoms with van der Waals surface area (Å²) in [6, 6.07) is 10.4. The maximum Gasteiger partial charge on any atom is 0.305 e. The standard InChI is InChI=1S/C20H25NO2/c1-12-7-6-8-13(2)20(12)16-9-14(3)15(4)17(10-16)18(21-5)11-19(22)23/h6-10,18,21H,11H2,1-5H3,(H,22,23). The molecule has 2 aromatic carbocycles. The van der Waals surface area contributed by atoms with Crippen molar-refractivity contribution < 1.29 is 9.90 Å². The molecule has 1 unspecified atom stereocenters. The first-order valence-corrected chi connectivity index (χ1v) is 7.92. The van der Waals surface area contributed by atoms with Gasteiger partial charge < -0.3 is 10.4 Å². The lowest BCUT2D eigenvalue weighted by molar-refractivity contribution is -0.137. The van der Waals surface area contributed by atoms with Gasteiger partial charge in [-0.15, -0.1) is 0 Å². The highest BCUT2D eigenvalue weighted by atomic mass is 16.4. The summed E-state index contributed by atoms with van der Waals surface area (Å²) < 4.78 is 0. The highest BCUT2D eigenvalue weighted by Crippen LogP contribution is 2.33. The molecule has 2 rings (SSSR count). The molecule has 23 heavy (non-hydrogen) atoms. The quantitative estimate of drug-likeness (QED) is 0.864. The predicted octanol–water partition coefficient (Wildman–Crippen LogP) is 4.32. The molecule has 0 aliphatic rings. The number of nitrogens with one attached hydrogen (secondary N) is 1. The zero-order valence-electron chi connectivity index (χ0n) is 14.5. The average Bonchev–Trinajstić information content (AvgIpc) is 2.48. The number of carbonyl (C=O) groups is 1. The van der Waals surface area contributed by atoms with Crippen molar-refractivity contribution in [1.82, 2.24) is 5.32 Å². The van der Waals surface area contributed by atoms with Gasteiger partial charge >= 0.3 is 5.97 Å². The Morgan fingerprint density at radius 3 is 2.22 bits per heavy atom. The summed E-state index contributed by atoms with van der Waals surface area (Å²) >= 11 is 0. The maximum atomic E-state index is 11.2. The van der Waals surface area contributed by atoms with Crippen LogP contribution in [0.5, 0.6) is 0 Å². The van der Waals surface area contributed by atoms with Crippen molar-refractivity contribution in [3.8, 4) is 11.1 Å². The highest BCUT2D eigenvalue weighted by molar-refractivity contribution is 5.73. The third-order valence-electron chi connectivity index (χ3n) is 4.58. The Hall–Kier alpha value is -2.13. The molecule has 0 radical (unpaired) electrons. The van der Waals surface area contributed by atoms with E-state index in [0.29, 0.717) is 0 Å². The summed E-state index contributed by atoms with van der Waals surface area (Å²) in [5, 5.41) is 12.3. The SMILES string of the molecule is CNC(CC(=O)O)c1cc(-c2c(C)cccc2C)cc(C)c1C. The molecule has 0 aromatic heterocycles. The third kappa shape index (κ3) is 3.62. The van der Waals surface area contributed by atoms with Gasteiger partial charge in [-0.2, -0.15) is 0 Å². The lowest BCUT2D eigenvalue weighted by Gasteiger charge is -2.21. The summed E-state index contributed by atoms with van der Waals surface area (Å²) in [5.41, 5.74) is 8.27. The first-order valence-electron chi connectivity index (χ1n) is 7.92. The lowest BCUT2D eigenvalue weighted by Crippen LogP contribution is -2.21. The van der Waals surface area contributed by atoms with Crippen molar-refractivity contribution in [2.75, 3.05) is 7.05 Å². The molecule has 0 heterocycles. The zero-order valence-corrected chi connectivity index (χ0v) is 14.5. The largest absolute Gasteiger partial charge is 0.481 e. The highest BCUT2D eigenvalue weighted by Gasteiger charge is 2.18. The fraction of sp³-hybridized carbons (Fsp3) is 0.350. The minimum absolute atomic E-state index is 0.0764. The van der Waals surface area contributed by atoms with E-state index in [1.54, 1.807) is 0 Å². The molecule has 122 valence electrons. The fourth-order valence-electron chi connectivity index (χ4n) is 3.20. The second-order valence-electron chi connectivity index (χ2n) is 6.21. The van der Waals surface area contributed by atoms with Crippen LogP contribution in [0.25, 0.3) is 11.1 Å². The van der Waals surface area contributed by atoms with E-state index < -0.39 is 5.97 Å². The summed E-state index contributed by atoms with van der Waals surface area (Å²) in [7, 11) is 1.81. The molecule has 0 aliphatic carbocycles. The predicted molar refractivity (Wildman–Crippen MR) is 94.9 cm³/mol. The smallest absolute Gasteiger partial charge is 0.305 e. The van der Waals surface area contributed by atoms with Crippen LogP contribution in [0.15, 0.2) is 30.3 Å². The number of hydrogen-bond donors (Lipinski definition) is 2. The van der Waals surface area contributed by atoms with Crippen LogP contribution < -0.4 is 5.32 Å². The van der Waals surface area contributed by atoms with Crippen LogP contribution in [-0.2, 0) is 4.79 Å². The molecule has 3 nitrogen and oxygen atoms in total. The van der Waals surface area contributed by atoms with E-state index in [2.05, 4.69) is 63.3 Å². The Morgan fingerprint density at radius 2 is 1.70 bits per heavy atom. The van der Waals surface area contributed by atoms with E-state index in [1.807, 2.05) is 7.05 Å². The van der Waals surface area contributed by atoms with Gasteiger partial charge in [0.15, 0.2) is 0 Å². The third-order valence-corrected chi connectivity index (χ3v) is 4.58. The molecule has 0 bridgehead atoms. The molecule has 0 amide bonds. The van der Waals surface area contributed by atoms with Gasteiger partial charge in [-0.05, 0) is 79.8 Å². The van der Waals surface area contributed by atoms with Crippen molar-refractivity contribution in [1.29, 1.82) is 0 Å². The second-order valence-corrected chi connectivity index (χ2v) is 6.21. The maximum absolute atomic E-state index is 11.2. The monoisotopic (exact) mass is 311 g/mol. The molecule has 0 saturated carbocycles. The summed E-state index contributed by atoms with van der Waals surface area (Å²) in [5.74, 6) is -0.793. The van der Waals surface area contributed by atoms with Crippen molar-refractivity contribution >= 4 is 5.97 Å². The minimum atomic E-state index is -0.793. The number of rotatable bonds is 5. The van der Waals surface area contributed by atoms with Crippen LogP contribution in [0.3, 0.4) is 0 Å². The van der Waals surface area contributed by atoms with Gasteiger partial charge in [-0.25, -0.2) is 0 Å². The topological polar surface area (TPSA) is 49.3 Å². The van der Waals surface area contributed by atoms with Gasteiger partial charge in [0.05, 0.1) is 6.42 Å². The van der Waals surface area contributed by atoms with E-state index in [9.17, 15) is 9.90 Å². The Morgan fingerprint density at radius 1 is 1.09 bits per heavy atom. The van der Waals surface area contributed by atoms with Crippen LogP contribution in [0.1, 0.15) is 40.3 Å². The van der Waals surface area contributed by atoms with Crippen LogP contribution in [0.4, 0.5) is 0 Å². The van der Waals surface area contributed by atoms with Crippen LogP contribution in [0.2, 0.25) is 0 Å². The number of carboxylic acid groups (broad SMARTS) is 1. The number of aliphatic carboxylic acids is 1. The van der Waals surface area contributed by atoms with E-state index in [0.717, 1.165) is 16.7 Å². The molecule has 0 fully saturated rings. The molecule has 0 spiro atoms. The first kappa shape index (κ1) is 17.2. The number of carboxylic acids is 1. The Bertz CT molecular complexity index is 714.